The van der Waals surface area contributed by atoms with Gasteiger partial charge in [-0.25, -0.2) is 8.42 Å². The van der Waals surface area contributed by atoms with E-state index in [0.717, 1.165) is 16.5 Å². The second-order valence-electron chi connectivity index (χ2n) is 4.61. The van der Waals surface area contributed by atoms with E-state index in [9.17, 15) is 13.5 Å². The third-order valence-electron chi connectivity index (χ3n) is 3.34. The molecule has 1 aromatic heterocycles. The summed E-state index contributed by atoms with van der Waals surface area (Å²) in [5.41, 5.74) is 1.87. The molecule has 0 bridgehead atoms. The number of benzene rings is 1. The fraction of sp³-hybridized carbons (Fsp3) is 0.429. The standard InChI is InChI=1S/C14H19NO3S/c1-2-19(17,18)10-4-8-15-9-7-12-5-3-6-13(11-16)14(12)15/h3,5-7,9,16H,2,4,8,10-11H2,1H3. The first-order chi connectivity index (χ1) is 9.07. The highest BCUT2D eigenvalue weighted by atomic mass is 32.2. The normalized spacial score (nSPS) is 12.1. The number of rotatable bonds is 6. The van der Waals surface area contributed by atoms with Crippen LogP contribution in [0.3, 0.4) is 0 Å². The van der Waals surface area contributed by atoms with Crippen molar-refractivity contribution in [2.75, 3.05) is 11.5 Å². The lowest BCUT2D eigenvalue weighted by atomic mass is 10.1. The first-order valence-corrected chi connectivity index (χ1v) is 8.27. The topological polar surface area (TPSA) is 59.3 Å². The molecule has 0 aliphatic carbocycles. The largest absolute Gasteiger partial charge is 0.392 e. The first-order valence-electron chi connectivity index (χ1n) is 6.45. The van der Waals surface area contributed by atoms with Gasteiger partial charge in [-0.1, -0.05) is 25.1 Å². The number of aromatic nitrogens is 1. The number of fused-ring (bicyclic) bond motifs is 1. The van der Waals surface area contributed by atoms with E-state index in [0.29, 0.717) is 13.0 Å². The molecule has 0 radical (unpaired) electrons. The van der Waals surface area contributed by atoms with Crippen LogP contribution in [0, 0.1) is 0 Å². The average Bonchev–Trinajstić information content (AvgIpc) is 2.82. The summed E-state index contributed by atoms with van der Waals surface area (Å²) < 4.78 is 25.0. The molecule has 0 saturated carbocycles. The number of sulfone groups is 1. The second-order valence-corrected chi connectivity index (χ2v) is 7.08. The summed E-state index contributed by atoms with van der Waals surface area (Å²) in [6.07, 6.45) is 2.54. The number of aliphatic hydroxyl groups excluding tert-OH is 1. The van der Waals surface area contributed by atoms with E-state index in [1.54, 1.807) is 6.92 Å². The molecule has 0 aliphatic heterocycles. The van der Waals surface area contributed by atoms with Gasteiger partial charge in [-0.3, -0.25) is 0 Å². The zero-order valence-electron chi connectivity index (χ0n) is 11.0. The van der Waals surface area contributed by atoms with Crippen LogP contribution in [0.1, 0.15) is 18.9 Å². The molecular formula is C14H19NO3S. The van der Waals surface area contributed by atoms with Crippen LogP contribution in [0.15, 0.2) is 30.5 Å². The monoisotopic (exact) mass is 281 g/mol. The van der Waals surface area contributed by atoms with Crippen molar-refractivity contribution in [2.45, 2.75) is 26.5 Å². The van der Waals surface area contributed by atoms with Gasteiger partial charge in [0.2, 0.25) is 0 Å². The maximum absolute atomic E-state index is 11.5. The van der Waals surface area contributed by atoms with Crippen LogP contribution in [0.25, 0.3) is 10.9 Å². The van der Waals surface area contributed by atoms with E-state index < -0.39 is 9.84 Å². The Morgan fingerprint density at radius 1 is 1.26 bits per heavy atom. The molecular weight excluding hydrogens is 262 g/mol. The Bertz CT molecular complexity index is 658. The van der Waals surface area contributed by atoms with Crippen LogP contribution >= 0.6 is 0 Å². The summed E-state index contributed by atoms with van der Waals surface area (Å²) in [4.78, 5) is 0. The van der Waals surface area contributed by atoms with Crippen molar-refractivity contribution in [3.8, 4) is 0 Å². The molecule has 0 aliphatic rings. The highest BCUT2D eigenvalue weighted by Gasteiger charge is 2.09. The fourth-order valence-corrected chi connectivity index (χ4v) is 3.11. The van der Waals surface area contributed by atoms with Crippen molar-refractivity contribution in [3.63, 3.8) is 0 Å². The summed E-state index contributed by atoms with van der Waals surface area (Å²) >= 11 is 0. The molecule has 0 spiro atoms. The number of para-hydroxylation sites is 1. The Kier molecular flexibility index (Phi) is 4.27. The smallest absolute Gasteiger partial charge is 0.150 e. The molecule has 4 nitrogen and oxygen atoms in total. The average molecular weight is 281 g/mol. The molecule has 0 fully saturated rings. The van der Waals surface area contributed by atoms with Gasteiger partial charge in [0, 0.05) is 24.1 Å². The van der Waals surface area contributed by atoms with Crippen molar-refractivity contribution in [1.82, 2.24) is 4.57 Å². The molecule has 0 saturated heterocycles. The van der Waals surface area contributed by atoms with Crippen LogP contribution in [0.2, 0.25) is 0 Å². The minimum Gasteiger partial charge on any atom is -0.392 e. The maximum Gasteiger partial charge on any atom is 0.150 e. The lowest BCUT2D eigenvalue weighted by Crippen LogP contribution is -2.11. The third kappa shape index (κ3) is 3.16. The van der Waals surface area contributed by atoms with Gasteiger partial charge in [0.25, 0.3) is 0 Å². The van der Waals surface area contributed by atoms with Crippen LogP contribution < -0.4 is 0 Å². The third-order valence-corrected chi connectivity index (χ3v) is 5.13. The van der Waals surface area contributed by atoms with Gasteiger partial charge in [0.1, 0.15) is 9.84 Å². The van der Waals surface area contributed by atoms with E-state index in [1.807, 2.05) is 35.0 Å². The Morgan fingerprint density at radius 2 is 2.05 bits per heavy atom. The van der Waals surface area contributed by atoms with Crippen LogP contribution in [-0.4, -0.2) is 29.6 Å². The predicted molar refractivity (Wildman–Crippen MR) is 76.8 cm³/mol. The minimum absolute atomic E-state index is 0.00535. The fourth-order valence-electron chi connectivity index (χ4n) is 2.25. The van der Waals surface area contributed by atoms with E-state index in [1.165, 1.54) is 0 Å². The minimum atomic E-state index is -2.90. The predicted octanol–water partition coefficient (Wildman–Crippen LogP) is 1.96. The zero-order chi connectivity index (χ0) is 13.9. The van der Waals surface area contributed by atoms with E-state index in [2.05, 4.69) is 0 Å². The van der Waals surface area contributed by atoms with Gasteiger partial charge in [0.05, 0.1) is 17.9 Å². The van der Waals surface area contributed by atoms with Crippen LogP contribution in [0.5, 0.6) is 0 Å². The Morgan fingerprint density at radius 3 is 2.74 bits per heavy atom. The highest BCUT2D eigenvalue weighted by Crippen LogP contribution is 2.20. The van der Waals surface area contributed by atoms with Gasteiger partial charge in [-0.2, -0.15) is 0 Å². The quantitative estimate of drug-likeness (QED) is 0.880. The molecule has 0 amide bonds. The van der Waals surface area contributed by atoms with Gasteiger partial charge in [-0.05, 0) is 17.9 Å². The van der Waals surface area contributed by atoms with Crippen molar-refractivity contribution < 1.29 is 13.5 Å². The van der Waals surface area contributed by atoms with Gasteiger partial charge < -0.3 is 9.67 Å². The summed E-state index contributed by atoms with van der Waals surface area (Å²) in [6.45, 7) is 2.32. The van der Waals surface area contributed by atoms with Crippen molar-refractivity contribution in [3.05, 3.63) is 36.0 Å². The van der Waals surface area contributed by atoms with Crippen molar-refractivity contribution in [1.29, 1.82) is 0 Å². The Balaban J connectivity index is 2.17. The molecule has 2 aromatic rings. The molecule has 1 aromatic carbocycles. The second kappa shape index (κ2) is 5.75. The number of nitrogens with zero attached hydrogens (tertiary/aromatic N) is 1. The number of hydrogen-bond donors (Lipinski definition) is 1. The van der Waals surface area contributed by atoms with Crippen molar-refractivity contribution in [2.24, 2.45) is 0 Å². The maximum atomic E-state index is 11.5. The summed E-state index contributed by atoms with van der Waals surface area (Å²) in [5, 5.41) is 10.4. The van der Waals surface area contributed by atoms with Crippen LogP contribution in [0.4, 0.5) is 0 Å². The lowest BCUT2D eigenvalue weighted by molar-refractivity contribution is 0.283. The number of aliphatic hydroxyl groups is 1. The number of hydrogen-bond acceptors (Lipinski definition) is 3. The molecule has 19 heavy (non-hydrogen) atoms. The van der Waals surface area contributed by atoms with Gasteiger partial charge in [0.15, 0.2) is 0 Å². The van der Waals surface area contributed by atoms with E-state index in [4.69, 9.17) is 0 Å². The summed E-state index contributed by atoms with van der Waals surface area (Å²) in [7, 11) is -2.90. The zero-order valence-corrected chi connectivity index (χ0v) is 11.9. The number of aryl methyl sites for hydroxylation is 1. The van der Waals surface area contributed by atoms with Gasteiger partial charge in [-0.15, -0.1) is 0 Å². The summed E-state index contributed by atoms with van der Waals surface area (Å²) in [5.74, 6) is 0.409. The molecule has 104 valence electrons. The lowest BCUT2D eigenvalue weighted by Gasteiger charge is -2.08. The van der Waals surface area contributed by atoms with Gasteiger partial charge >= 0.3 is 0 Å². The Labute approximate surface area is 113 Å². The molecule has 0 unspecified atom stereocenters. The first kappa shape index (κ1) is 14.1. The molecule has 2 rings (SSSR count). The summed E-state index contributed by atoms with van der Waals surface area (Å²) in [6, 6.07) is 7.79. The van der Waals surface area contributed by atoms with E-state index >= 15 is 0 Å². The Hall–Kier alpha value is -1.33. The highest BCUT2D eigenvalue weighted by molar-refractivity contribution is 7.91. The van der Waals surface area contributed by atoms with E-state index in [-0.39, 0.29) is 18.1 Å². The molecule has 1 N–H and O–H groups in total. The molecule has 1 heterocycles. The van der Waals surface area contributed by atoms with Crippen LogP contribution in [-0.2, 0) is 23.0 Å². The molecule has 0 atom stereocenters. The SMILES string of the molecule is CCS(=O)(=O)CCCn1ccc2cccc(CO)c21. The molecule has 5 heteroatoms. The van der Waals surface area contributed by atoms with Crippen molar-refractivity contribution >= 4 is 20.7 Å².